The Balaban J connectivity index is 1.71. The molecule has 2 N–H and O–H groups in total. The average molecular weight is 269 g/mol. The van der Waals surface area contributed by atoms with Crippen molar-refractivity contribution in [1.29, 1.82) is 0 Å². The van der Waals surface area contributed by atoms with Gasteiger partial charge in [-0.05, 0) is 36.1 Å². The van der Waals surface area contributed by atoms with E-state index >= 15 is 0 Å². The Morgan fingerprint density at radius 1 is 1.35 bits per heavy atom. The van der Waals surface area contributed by atoms with Gasteiger partial charge in [-0.25, -0.2) is 4.98 Å². The van der Waals surface area contributed by atoms with Crippen molar-refractivity contribution in [3.8, 4) is 0 Å². The van der Waals surface area contributed by atoms with E-state index in [0.29, 0.717) is 18.1 Å². The quantitative estimate of drug-likeness (QED) is 0.768. The summed E-state index contributed by atoms with van der Waals surface area (Å²) in [6, 6.07) is 8.16. The van der Waals surface area contributed by atoms with Crippen molar-refractivity contribution in [1.82, 2.24) is 15.3 Å². The first-order valence-corrected chi connectivity index (χ1v) is 6.40. The van der Waals surface area contributed by atoms with E-state index in [-0.39, 0.29) is 5.91 Å². The summed E-state index contributed by atoms with van der Waals surface area (Å²) in [4.78, 5) is 19.1. The Kier molecular flexibility index (Phi) is 3.02. The minimum atomic E-state index is -0.229. The van der Waals surface area contributed by atoms with Crippen LogP contribution in [-0.2, 0) is 6.54 Å². The number of aromatic amines is 1. The fourth-order valence-electron chi connectivity index (χ4n) is 2.18. The topological polar surface area (TPSA) is 70.9 Å². The second-order valence-electron chi connectivity index (χ2n) is 4.81. The number of carbonyl (C=O) groups excluding carboxylic acids is 1. The second-order valence-corrected chi connectivity index (χ2v) is 4.81. The molecule has 0 spiro atoms. The normalized spacial score (nSPS) is 10.9. The number of aryl methyl sites for hydroxylation is 2. The summed E-state index contributed by atoms with van der Waals surface area (Å²) in [5, 5.41) is 3.97. The fourth-order valence-corrected chi connectivity index (χ4v) is 2.18. The van der Waals surface area contributed by atoms with E-state index in [1.165, 1.54) is 6.26 Å². The second kappa shape index (κ2) is 4.85. The van der Waals surface area contributed by atoms with Gasteiger partial charge in [-0.3, -0.25) is 4.79 Å². The Labute approximate surface area is 116 Å². The van der Waals surface area contributed by atoms with Crippen LogP contribution in [0.5, 0.6) is 0 Å². The van der Waals surface area contributed by atoms with Crippen molar-refractivity contribution >= 4 is 16.8 Å². The number of oxazole rings is 1. The molecule has 5 nitrogen and oxygen atoms in total. The molecule has 0 fully saturated rings. The van der Waals surface area contributed by atoms with Crippen molar-refractivity contribution in [2.45, 2.75) is 20.4 Å². The molecule has 0 bridgehead atoms. The summed E-state index contributed by atoms with van der Waals surface area (Å²) in [7, 11) is 0. The Morgan fingerprint density at radius 2 is 2.20 bits per heavy atom. The maximum absolute atomic E-state index is 11.9. The van der Waals surface area contributed by atoms with Crippen LogP contribution in [0, 0.1) is 13.8 Å². The highest BCUT2D eigenvalue weighted by Crippen LogP contribution is 2.16. The number of hydrogen-bond acceptors (Lipinski definition) is 3. The molecule has 2 aromatic heterocycles. The fraction of sp³-hybridized carbons (Fsp3) is 0.200. The highest BCUT2D eigenvalue weighted by Gasteiger charge is 2.10. The zero-order valence-corrected chi connectivity index (χ0v) is 11.4. The standard InChI is InChI=1S/C15H15N3O2/c1-9-5-12-6-11(3-4-13(12)17-9)7-16-15(19)14-8-20-10(2)18-14/h3-6,8,17H,7H2,1-2H3,(H,16,19). The van der Waals surface area contributed by atoms with Crippen LogP contribution in [0.4, 0.5) is 0 Å². The zero-order valence-electron chi connectivity index (χ0n) is 11.4. The van der Waals surface area contributed by atoms with Gasteiger partial charge in [0.15, 0.2) is 11.6 Å². The van der Waals surface area contributed by atoms with E-state index in [4.69, 9.17) is 4.42 Å². The summed E-state index contributed by atoms with van der Waals surface area (Å²) >= 11 is 0. The summed E-state index contributed by atoms with van der Waals surface area (Å²) in [6.45, 7) is 4.19. The number of carbonyl (C=O) groups is 1. The van der Waals surface area contributed by atoms with Crippen molar-refractivity contribution in [2.75, 3.05) is 0 Å². The SMILES string of the molecule is Cc1cc2cc(CNC(=O)c3coc(C)n3)ccc2[nH]1. The van der Waals surface area contributed by atoms with Crippen LogP contribution in [0.15, 0.2) is 34.9 Å². The van der Waals surface area contributed by atoms with Gasteiger partial charge in [-0.15, -0.1) is 0 Å². The van der Waals surface area contributed by atoms with Crippen molar-refractivity contribution in [2.24, 2.45) is 0 Å². The molecule has 3 aromatic rings. The lowest BCUT2D eigenvalue weighted by Crippen LogP contribution is -2.23. The van der Waals surface area contributed by atoms with Gasteiger partial charge < -0.3 is 14.7 Å². The Morgan fingerprint density at radius 3 is 2.95 bits per heavy atom. The molecule has 2 heterocycles. The maximum Gasteiger partial charge on any atom is 0.273 e. The molecule has 20 heavy (non-hydrogen) atoms. The lowest BCUT2D eigenvalue weighted by molar-refractivity contribution is 0.0946. The number of benzene rings is 1. The van der Waals surface area contributed by atoms with Gasteiger partial charge in [0.2, 0.25) is 0 Å². The molecule has 5 heteroatoms. The molecule has 0 aliphatic carbocycles. The van der Waals surface area contributed by atoms with Gasteiger partial charge in [0.25, 0.3) is 5.91 Å². The molecule has 1 amide bonds. The first-order chi connectivity index (χ1) is 9.61. The van der Waals surface area contributed by atoms with E-state index in [1.54, 1.807) is 6.92 Å². The zero-order chi connectivity index (χ0) is 14.1. The minimum Gasteiger partial charge on any atom is -0.448 e. The highest BCUT2D eigenvalue weighted by molar-refractivity contribution is 5.92. The first-order valence-electron chi connectivity index (χ1n) is 6.40. The number of hydrogen-bond donors (Lipinski definition) is 2. The molecule has 0 aliphatic heterocycles. The van der Waals surface area contributed by atoms with Crippen LogP contribution >= 0.6 is 0 Å². The van der Waals surface area contributed by atoms with Crippen molar-refractivity contribution < 1.29 is 9.21 Å². The minimum absolute atomic E-state index is 0.229. The van der Waals surface area contributed by atoms with Gasteiger partial charge in [0.1, 0.15) is 6.26 Å². The van der Waals surface area contributed by atoms with E-state index < -0.39 is 0 Å². The number of rotatable bonds is 3. The van der Waals surface area contributed by atoms with E-state index in [9.17, 15) is 4.79 Å². The third kappa shape index (κ3) is 2.42. The first kappa shape index (κ1) is 12.5. The van der Waals surface area contributed by atoms with Gasteiger partial charge in [0.05, 0.1) is 0 Å². The number of amides is 1. The predicted molar refractivity (Wildman–Crippen MR) is 75.4 cm³/mol. The van der Waals surface area contributed by atoms with Gasteiger partial charge in [0, 0.05) is 24.7 Å². The van der Waals surface area contributed by atoms with E-state index in [1.807, 2.05) is 19.1 Å². The molecule has 3 rings (SSSR count). The number of H-pyrrole nitrogens is 1. The summed E-state index contributed by atoms with van der Waals surface area (Å²) in [5.41, 5.74) is 3.58. The number of nitrogens with one attached hydrogen (secondary N) is 2. The molecule has 0 saturated heterocycles. The van der Waals surface area contributed by atoms with Crippen LogP contribution in [0.25, 0.3) is 10.9 Å². The maximum atomic E-state index is 11.9. The average Bonchev–Trinajstić information content (AvgIpc) is 3.00. The largest absolute Gasteiger partial charge is 0.448 e. The molecule has 102 valence electrons. The van der Waals surface area contributed by atoms with E-state index in [2.05, 4.69) is 27.4 Å². The van der Waals surface area contributed by atoms with E-state index in [0.717, 1.165) is 22.2 Å². The van der Waals surface area contributed by atoms with Gasteiger partial charge >= 0.3 is 0 Å². The lowest BCUT2D eigenvalue weighted by atomic mass is 10.1. The number of fused-ring (bicyclic) bond motifs is 1. The molecular weight excluding hydrogens is 254 g/mol. The molecule has 0 saturated carbocycles. The predicted octanol–water partition coefficient (Wildman–Crippen LogP) is 2.70. The monoisotopic (exact) mass is 269 g/mol. The van der Waals surface area contributed by atoms with Crippen molar-refractivity contribution in [3.63, 3.8) is 0 Å². The summed E-state index contributed by atoms with van der Waals surface area (Å²) < 4.78 is 5.02. The Bertz CT molecular complexity index is 770. The van der Waals surface area contributed by atoms with Crippen molar-refractivity contribution in [3.05, 3.63) is 53.4 Å². The summed E-state index contributed by atoms with van der Waals surface area (Å²) in [6.07, 6.45) is 1.36. The van der Waals surface area contributed by atoms with Gasteiger partial charge in [-0.1, -0.05) is 6.07 Å². The molecule has 0 unspecified atom stereocenters. The van der Waals surface area contributed by atoms with Crippen LogP contribution in [0.2, 0.25) is 0 Å². The highest BCUT2D eigenvalue weighted by atomic mass is 16.3. The third-order valence-electron chi connectivity index (χ3n) is 3.12. The van der Waals surface area contributed by atoms with Crippen LogP contribution in [0.3, 0.4) is 0 Å². The molecule has 0 radical (unpaired) electrons. The lowest BCUT2D eigenvalue weighted by Gasteiger charge is -2.03. The number of nitrogens with zero attached hydrogens (tertiary/aromatic N) is 1. The van der Waals surface area contributed by atoms with Gasteiger partial charge in [-0.2, -0.15) is 0 Å². The molecule has 0 atom stereocenters. The Hall–Kier alpha value is -2.56. The molecular formula is C15H15N3O2. The van der Waals surface area contributed by atoms with Crippen LogP contribution in [-0.4, -0.2) is 15.9 Å². The number of aromatic nitrogens is 2. The van der Waals surface area contributed by atoms with Crippen LogP contribution in [0.1, 0.15) is 27.6 Å². The molecule has 0 aliphatic rings. The molecule has 1 aromatic carbocycles. The smallest absolute Gasteiger partial charge is 0.273 e. The summed E-state index contributed by atoms with van der Waals surface area (Å²) in [5.74, 6) is 0.256. The van der Waals surface area contributed by atoms with Crippen LogP contribution < -0.4 is 5.32 Å². The third-order valence-corrected chi connectivity index (χ3v) is 3.12.